The second kappa shape index (κ2) is 5.00. The molecule has 1 aromatic heterocycles. The molecule has 0 spiro atoms. The summed E-state index contributed by atoms with van der Waals surface area (Å²) in [7, 11) is 0. The highest BCUT2D eigenvalue weighted by Crippen LogP contribution is 2.42. The van der Waals surface area contributed by atoms with Crippen LogP contribution in [0.3, 0.4) is 0 Å². The molecule has 2 aromatic rings. The Labute approximate surface area is 133 Å². The predicted molar refractivity (Wildman–Crippen MR) is 84.9 cm³/mol. The molecule has 1 aliphatic heterocycles. The number of fused-ring (bicyclic) bond motifs is 1. The number of aromatic nitrogens is 1. The van der Waals surface area contributed by atoms with Gasteiger partial charge in [0.25, 0.3) is 0 Å². The Hall–Kier alpha value is -1.58. The Morgan fingerprint density at radius 1 is 1.24 bits per heavy atom. The summed E-state index contributed by atoms with van der Waals surface area (Å²) in [5.74, 6) is 0.0646. The van der Waals surface area contributed by atoms with Crippen molar-refractivity contribution in [1.29, 1.82) is 0 Å². The van der Waals surface area contributed by atoms with Crippen molar-refractivity contribution in [3.8, 4) is 0 Å². The van der Waals surface area contributed by atoms with Gasteiger partial charge in [-0.05, 0) is 31.5 Å². The van der Waals surface area contributed by atoms with Crippen molar-refractivity contribution in [3.05, 3.63) is 57.8 Å². The van der Waals surface area contributed by atoms with E-state index in [1.54, 1.807) is 17.2 Å². The van der Waals surface area contributed by atoms with Gasteiger partial charge >= 0.3 is 0 Å². The number of anilines is 1. The quantitative estimate of drug-likeness (QED) is 0.776. The van der Waals surface area contributed by atoms with E-state index in [0.717, 1.165) is 16.8 Å². The molecule has 1 aliphatic rings. The minimum Gasteiger partial charge on any atom is -0.307 e. The van der Waals surface area contributed by atoms with Crippen LogP contribution < -0.4 is 4.90 Å². The van der Waals surface area contributed by atoms with Gasteiger partial charge in [0.15, 0.2) is 0 Å². The van der Waals surface area contributed by atoms with Crippen LogP contribution in [-0.2, 0) is 16.8 Å². The van der Waals surface area contributed by atoms with Crippen molar-refractivity contribution >= 4 is 34.8 Å². The number of carbonyl (C=O) groups is 1. The number of pyridine rings is 1. The van der Waals surface area contributed by atoms with Crippen LogP contribution in [-0.4, -0.2) is 10.9 Å². The Kier molecular flexibility index (Phi) is 3.42. The second-order valence-corrected chi connectivity index (χ2v) is 6.43. The van der Waals surface area contributed by atoms with Gasteiger partial charge in [-0.15, -0.1) is 0 Å². The van der Waals surface area contributed by atoms with Crippen LogP contribution in [0, 0.1) is 0 Å². The third-order valence-corrected chi connectivity index (χ3v) is 4.43. The molecule has 108 valence electrons. The Morgan fingerprint density at radius 3 is 2.67 bits per heavy atom. The summed E-state index contributed by atoms with van der Waals surface area (Å²) in [6, 6.07) is 9.43. The first-order valence-corrected chi connectivity index (χ1v) is 7.38. The number of benzene rings is 1. The molecule has 3 rings (SSSR count). The molecule has 0 saturated carbocycles. The zero-order chi connectivity index (χ0) is 15.2. The van der Waals surface area contributed by atoms with Gasteiger partial charge < -0.3 is 4.90 Å². The maximum Gasteiger partial charge on any atom is 0.237 e. The van der Waals surface area contributed by atoms with Gasteiger partial charge in [0.2, 0.25) is 5.91 Å². The fourth-order valence-electron chi connectivity index (χ4n) is 2.68. The smallest absolute Gasteiger partial charge is 0.237 e. The van der Waals surface area contributed by atoms with Crippen LogP contribution in [0.15, 0.2) is 36.5 Å². The Bertz CT molecular complexity index is 728. The van der Waals surface area contributed by atoms with E-state index < -0.39 is 5.41 Å². The summed E-state index contributed by atoms with van der Waals surface area (Å²) in [5, 5.41) is 0.863. The van der Waals surface area contributed by atoms with Gasteiger partial charge in [-0.2, -0.15) is 0 Å². The molecular weight excluding hydrogens is 307 g/mol. The SMILES string of the molecule is CC1(C)C(=O)N(Cc2cnc(Cl)cc2Cl)c2ccccc21. The van der Waals surface area contributed by atoms with Crippen molar-refractivity contribution in [2.24, 2.45) is 0 Å². The molecule has 21 heavy (non-hydrogen) atoms. The molecule has 0 saturated heterocycles. The first kappa shape index (κ1) is 14.4. The number of hydrogen-bond donors (Lipinski definition) is 0. The summed E-state index contributed by atoms with van der Waals surface area (Å²) in [6.45, 7) is 4.27. The molecule has 2 heterocycles. The fourth-order valence-corrected chi connectivity index (χ4v) is 3.10. The van der Waals surface area contributed by atoms with Gasteiger partial charge in [-0.1, -0.05) is 41.4 Å². The molecule has 0 aliphatic carbocycles. The fraction of sp³-hybridized carbons (Fsp3) is 0.250. The lowest BCUT2D eigenvalue weighted by molar-refractivity contribution is -0.122. The van der Waals surface area contributed by atoms with E-state index in [1.807, 2.05) is 38.1 Å². The number of halogens is 2. The van der Waals surface area contributed by atoms with Crippen LogP contribution in [0.2, 0.25) is 10.2 Å². The van der Waals surface area contributed by atoms with E-state index in [0.29, 0.717) is 16.7 Å². The van der Waals surface area contributed by atoms with Crippen LogP contribution in [0.4, 0.5) is 5.69 Å². The largest absolute Gasteiger partial charge is 0.307 e. The highest BCUT2D eigenvalue weighted by atomic mass is 35.5. The molecule has 5 heteroatoms. The number of carbonyl (C=O) groups excluding carboxylic acids is 1. The first-order chi connectivity index (χ1) is 9.91. The molecule has 0 fully saturated rings. The molecule has 0 bridgehead atoms. The lowest BCUT2D eigenvalue weighted by Gasteiger charge is -2.21. The number of para-hydroxylation sites is 1. The van der Waals surface area contributed by atoms with E-state index >= 15 is 0 Å². The average Bonchev–Trinajstić information content (AvgIpc) is 2.63. The number of amides is 1. The van der Waals surface area contributed by atoms with Crippen LogP contribution in [0.1, 0.15) is 25.0 Å². The number of rotatable bonds is 2. The van der Waals surface area contributed by atoms with Crippen LogP contribution >= 0.6 is 23.2 Å². The zero-order valence-corrected chi connectivity index (χ0v) is 13.2. The van der Waals surface area contributed by atoms with Crippen molar-refractivity contribution in [3.63, 3.8) is 0 Å². The molecule has 1 aromatic carbocycles. The lowest BCUT2D eigenvalue weighted by Crippen LogP contribution is -2.35. The average molecular weight is 321 g/mol. The summed E-state index contributed by atoms with van der Waals surface area (Å²) in [4.78, 5) is 18.5. The van der Waals surface area contributed by atoms with Gasteiger partial charge in [0.1, 0.15) is 5.15 Å². The lowest BCUT2D eigenvalue weighted by atomic mass is 9.86. The van der Waals surface area contributed by atoms with Crippen molar-refractivity contribution < 1.29 is 4.79 Å². The van der Waals surface area contributed by atoms with Crippen LogP contribution in [0.5, 0.6) is 0 Å². The van der Waals surface area contributed by atoms with E-state index in [9.17, 15) is 4.79 Å². The molecule has 3 nitrogen and oxygen atoms in total. The number of nitrogens with zero attached hydrogens (tertiary/aromatic N) is 2. The predicted octanol–water partition coefficient (Wildman–Crippen LogP) is 4.21. The monoisotopic (exact) mass is 320 g/mol. The highest BCUT2D eigenvalue weighted by molar-refractivity contribution is 6.34. The summed E-state index contributed by atoms with van der Waals surface area (Å²) in [6.07, 6.45) is 1.62. The van der Waals surface area contributed by atoms with E-state index in [1.165, 1.54) is 0 Å². The molecule has 0 unspecified atom stereocenters. The highest BCUT2D eigenvalue weighted by Gasteiger charge is 2.43. The second-order valence-electron chi connectivity index (χ2n) is 5.63. The van der Waals surface area contributed by atoms with Crippen molar-refractivity contribution in [1.82, 2.24) is 4.98 Å². The standard InChI is InChI=1S/C16H14Cl2N2O/c1-16(2)11-5-3-4-6-13(11)20(15(16)21)9-10-8-19-14(18)7-12(10)17/h3-8H,9H2,1-2H3. The van der Waals surface area contributed by atoms with Gasteiger partial charge in [0, 0.05) is 17.4 Å². The summed E-state index contributed by atoms with van der Waals surface area (Å²) >= 11 is 12.0. The maximum atomic E-state index is 12.7. The van der Waals surface area contributed by atoms with E-state index in [2.05, 4.69) is 4.98 Å². The van der Waals surface area contributed by atoms with Gasteiger partial charge in [0.05, 0.1) is 17.0 Å². The summed E-state index contributed by atoms with van der Waals surface area (Å²) < 4.78 is 0. The summed E-state index contributed by atoms with van der Waals surface area (Å²) in [5.41, 5.74) is 2.22. The van der Waals surface area contributed by atoms with Crippen LogP contribution in [0.25, 0.3) is 0 Å². The molecule has 0 N–H and O–H groups in total. The third kappa shape index (κ3) is 2.30. The minimum atomic E-state index is -0.525. The van der Waals surface area contributed by atoms with Crippen molar-refractivity contribution in [2.45, 2.75) is 25.8 Å². The van der Waals surface area contributed by atoms with E-state index in [-0.39, 0.29) is 5.91 Å². The molecule has 0 radical (unpaired) electrons. The zero-order valence-electron chi connectivity index (χ0n) is 11.7. The van der Waals surface area contributed by atoms with Crippen molar-refractivity contribution in [2.75, 3.05) is 4.90 Å². The molecule has 1 amide bonds. The number of hydrogen-bond acceptors (Lipinski definition) is 2. The molecular formula is C16H14Cl2N2O. The molecule has 0 atom stereocenters. The minimum absolute atomic E-state index is 0.0646. The topological polar surface area (TPSA) is 33.2 Å². The Balaban J connectivity index is 2.02. The van der Waals surface area contributed by atoms with Gasteiger partial charge in [-0.3, -0.25) is 4.79 Å². The maximum absolute atomic E-state index is 12.7. The first-order valence-electron chi connectivity index (χ1n) is 6.62. The Morgan fingerprint density at radius 2 is 1.95 bits per heavy atom. The third-order valence-electron chi connectivity index (χ3n) is 3.87. The van der Waals surface area contributed by atoms with Gasteiger partial charge in [-0.25, -0.2) is 4.98 Å². The normalized spacial score (nSPS) is 16.2. The van der Waals surface area contributed by atoms with E-state index in [4.69, 9.17) is 23.2 Å².